The Balaban J connectivity index is 1.38. The van der Waals surface area contributed by atoms with Gasteiger partial charge in [-0.2, -0.15) is 0 Å². The maximum Gasteiger partial charge on any atom is 0.0798 e. The van der Waals surface area contributed by atoms with Crippen molar-refractivity contribution in [3.8, 4) is 39.1 Å². The number of fused-ring (bicyclic) bond motifs is 10. The van der Waals surface area contributed by atoms with Gasteiger partial charge in [-0.3, -0.25) is 0 Å². The normalized spacial score (nSPS) is 11.8. The average molecular weight is 611 g/mol. The number of hydrogen-bond donors (Lipinski definition) is 0. The molecule has 0 bridgehead atoms. The highest BCUT2D eigenvalue weighted by atomic mass is 15.0. The van der Waals surface area contributed by atoms with Crippen molar-refractivity contribution in [2.75, 3.05) is 0 Å². The Labute approximate surface area is 278 Å². The first-order chi connectivity index (χ1) is 23.8. The Morgan fingerprint density at radius 1 is 0.312 bits per heavy atom. The van der Waals surface area contributed by atoms with E-state index in [0.29, 0.717) is 0 Å². The fraction of sp³-hybridized carbons (Fsp3) is 0. The Morgan fingerprint density at radius 2 is 0.917 bits per heavy atom. The lowest BCUT2D eigenvalue weighted by molar-refractivity contribution is 1.18. The topological polar surface area (TPSA) is 9.34 Å². The van der Waals surface area contributed by atoms with Gasteiger partial charge in [0.25, 0.3) is 0 Å². The predicted octanol–water partition coefficient (Wildman–Crippen LogP) is 12.3. The zero-order chi connectivity index (χ0) is 31.6. The molecule has 2 nitrogen and oxygen atoms in total. The van der Waals surface area contributed by atoms with E-state index in [-0.39, 0.29) is 0 Å². The zero-order valence-electron chi connectivity index (χ0n) is 26.2. The zero-order valence-corrected chi connectivity index (χ0v) is 26.2. The minimum Gasteiger partial charge on any atom is -0.308 e. The maximum atomic E-state index is 2.52. The fourth-order valence-corrected chi connectivity index (χ4v) is 7.76. The second-order valence-corrected chi connectivity index (χ2v) is 12.6. The molecule has 0 saturated carbocycles. The molecular formula is C46H30N2. The highest BCUT2D eigenvalue weighted by Crippen LogP contribution is 2.43. The van der Waals surface area contributed by atoms with E-state index in [1.807, 2.05) is 0 Å². The van der Waals surface area contributed by atoms with Crippen molar-refractivity contribution >= 4 is 49.1 Å². The van der Waals surface area contributed by atoms with E-state index in [2.05, 4.69) is 191 Å². The smallest absolute Gasteiger partial charge is 0.0798 e. The summed E-state index contributed by atoms with van der Waals surface area (Å²) in [5, 5.41) is 5.03. The minimum absolute atomic E-state index is 1.15. The van der Waals surface area contributed by atoms with E-state index in [9.17, 15) is 0 Å². The largest absolute Gasteiger partial charge is 0.308 e. The van der Waals surface area contributed by atoms with E-state index >= 15 is 0 Å². The Morgan fingerprint density at radius 3 is 1.65 bits per heavy atom. The van der Waals surface area contributed by atoms with Gasteiger partial charge in [-0.15, -0.1) is 0 Å². The Hall–Kier alpha value is -6.38. The molecule has 3 aromatic heterocycles. The maximum absolute atomic E-state index is 2.52. The summed E-state index contributed by atoms with van der Waals surface area (Å²) >= 11 is 0. The van der Waals surface area contributed by atoms with E-state index in [4.69, 9.17) is 0 Å². The third-order valence-electron chi connectivity index (χ3n) is 9.87. The molecule has 10 aromatic rings. The van der Waals surface area contributed by atoms with Crippen LogP contribution in [-0.2, 0) is 0 Å². The van der Waals surface area contributed by atoms with Crippen LogP contribution in [0.1, 0.15) is 0 Å². The molecule has 0 radical (unpaired) electrons. The molecule has 7 aromatic carbocycles. The van der Waals surface area contributed by atoms with Crippen molar-refractivity contribution in [2.45, 2.75) is 0 Å². The third-order valence-corrected chi connectivity index (χ3v) is 9.87. The summed E-state index contributed by atoms with van der Waals surface area (Å²) in [5.41, 5.74) is 14.5. The summed E-state index contributed by atoms with van der Waals surface area (Å²) in [6, 6.07) is 66.1. The molecule has 0 amide bonds. The first kappa shape index (κ1) is 26.8. The van der Waals surface area contributed by atoms with Crippen LogP contribution in [0, 0.1) is 0 Å². The number of hydrogen-bond acceptors (Lipinski definition) is 0. The van der Waals surface area contributed by atoms with Gasteiger partial charge in [0, 0.05) is 21.8 Å². The summed E-state index contributed by atoms with van der Waals surface area (Å²) < 4.78 is 4.98. The van der Waals surface area contributed by atoms with Crippen LogP contribution >= 0.6 is 0 Å². The van der Waals surface area contributed by atoms with E-state index in [1.165, 1.54) is 82.5 Å². The molecule has 0 aliphatic rings. The van der Waals surface area contributed by atoms with Gasteiger partial charge in [0.05, 0.1) is 27.6 Å². The first-order valence-electron chi connectivity index (χ1n) is 16.5. The number of benzene rings is 7. The molecule has 0 aliphatic carbocycles. The van der Waals surface area contributed by atoms with Crippen LogP contribution in [0.4, 0.5) is 0 Å². The molecule has 0 saturated heterocycles. The van der Waals surface area contributed by atoms with Gasteiger partial charge in [-0.25, -0.2) is 0 Å². The molecule has 224 valence electrons. The molecule has 0 spiro atoms. The van der Waals surface area contributed by atoms with Gasteiger partial charge >= 0.3 is 0 Å². The summed E-state index contributed by atoms with van der Waals surface area (Å²) in [6.07, 6.45) is 0. The predicted molar refractivity (Wildman–Crippen MR) is 203 cm³/mol. The van der Waals surface area contributed by atoms with Crippen LogP contribution in [0.15, 0.2) is 182 Å². The fourth-order valence-electron chi connectivity index (χ4n) is 7.76. The molecule has 48 heavy (non-hydrogen) atoms. The quantitative estimate of drug-likeness (QED) is 0.175. The second kappa shape index (κ2) is 10.6. The van der Waals surface area contributed by atoms with Crippen LogP contribution in [0.25, 0.3) is 88.2 Å². The lowest BCUT2D eigenvalue weighted by Gasteiger charge is -2.14. The van der Waals surface area contributed by atoms with Crippen molar-refractivity contribution in [1.82, 2.24) is 8.97 Å². The van der Waals surface area contributed by atoms with Crippen molar-refractivity contribution in [2.24, 2.45) is 0 Å². The van der Waals surface area contributed by atoms with Gasteiger partial charge in [-0.05, 0) is 75.2 Å². The van der Waals surface area contributed by atoms with Crippen LogP contribution in [0.3, 0.4) is 0 Å². The van der Waals surface area contributed by atoms with Gasteiger partial charge in [0.15, 0.2) is 0 Å². The van der Waals surface area contributed by atoms with Crippen molar-refractivity contribution in [1.29, 1.82) is 0 Å². The molecule has 0 fully saturated rings. The first-order valence-corrected chi connectivity index (χ1v) is 16.5. The number of pyridine rings is 1. The second-order valence-electron chi connectivity index (χ2n) is 12.6. The van der Waals surface area contributed by atoms with Crippen LogP contribution in [-0.4, -0.2) is 8.97 Å². The molecule has 3 heterocycles. The van der Waals surface area contributed by atoms with Crippen molar-refractivity contribution < 1.29 is 0 Å². The molecule has 0 atom stereocenters. The summed E-state index contributed by atoms with van der Waals surface area (Å²) in [7, 11) is 0. The minimum atomic E-state index is 1.15. The van der Waals surface area contributed by atoms with Crippen LogP contribution in [0.2, 0.25) is 0 Å². The summed E-state index contributed by atoms with van der Waals surface area (Å²) in [5.74, 6) is 0. The van der Waals surface area contributed by atoms with E-state index in [0.717, 1.165) is 5.69 Å². The van der Waals surface area contributed by atoms with Gasteiger partial charge in [0.2, 0.25) is 0 Å². The van der Waals surface area contributed by atoms with E-state index < -0.39 is 0 Å². The Kier molecular flexibility index (Phi) is 5.91. The highest BCUT2D eigenvalue weighted by Gasteiger charge is 2.22. The van der Waals surface area contributed by atoms with Crippen molar-refractivity contribution in [3.05, 3.63) is 182 Å². The Bertz CT molecular complexity index is 2810. The lowest BCUT2D eigenvalue weighted by atomic mass is 9.96. The summed E-state index contributed by atoms with van der Waals surface area (Å²) in [6.45, 7) is 0. The number of nitrogens with zero attached hydrogens (tertiary/aromatic N) is 2. The van der Waals surface area contributed by atoms with Gasteiger partial charge in [-0.1, -0.05) is 146 Å². The van der Waals surface area contributed by atoms with Gasteiger partial charge in [0.1, 0.15) is 0 Å². The molecular weight excluding hydrogens is 581 g/mol. The molecule has 0 N–H and O–H groups in total. The van der Waals surface area contributed by atoms with Gasteiger partial charge < -0.3 is 8.97 Å². The SMILES string of the molecule is c1ccc(-c2cccc(-n3c4ccc(-c5ccccc5)cc4c4c3cc3c5ccccc5c5c(-c6ccccc6)cccc5n34)c2)cc1. The van der Waals surface area contributed by atoms with Crippen LogP contribution in [0.5, 0.6) is 0 Å². The highest BCUT2D eigenvalue weighted by molar-refractivity contribution is 6.22. The standard InChI is InChI=1S/C46H30N2/c1-4-14-31(15-5-1)34-20-12-21-36(28-34)47-41-27-26-35(32-16-6-2-7-17-32)29-40(41)46-44(47)30-43-38-22-10-11-23-39(38)45-37(33-18-8-3-9-19-33)24-13-25-42(45)48(43)46/h1-30H. The summed E-state index contributed by atoms with van der Waals surface area (Å²) in [4.78, 5) is 0. The number of aromatic nitrogens is 2. The molecule has 2 heteroatoms. The van der Waals surface area contributed by atoms with Crippen LogP contribution < -0.4 is 0 Å². The lowest BCUT2D eigenvalue weighted by Crippen LogP contribution is -1.94. The molecule has 0 aliphatic heterocycles. The van der Waals surface area contributed by atoms with Crippen molar-refractivity contribution in [3.63, 3.8) is 0 Å². The van der Waals surface area contributed by atoms with E-state index in [1.54, 1.807) is 0 Å². The molecule has 10 rings (SSSR count). The monoisotopic (exact) mass is 610 g/mol. The third kappa shape index (κ3) is 4.00. The molecule has 0 unspecified atom stereocenters. The number of rotatable bonds is 4. The average Bonchev–Trinajstić information content (AvgIpc) is 3.71.